The summed E-state index contributed by atoms with van der Waals surface area (Å²) >= 11 is 0. The van der Waals surface area contributed by atoms with Gasteiger partial charge < -0.3 is 5.71 Å². The molecule has 0 aliphatic heterocycles. The van der Waals surface area contributed by atoms with E-state index in [9.17, 15) is 0 Å². The summed E-state index contributed by atoms with van der Waals surface area (Å²) in [5.41, 5.74) is 0. The van der Waals surface area contributed by atoms with Crippen molar-refractivity contribution in [3.05, 3.63) is 0 Å². The molecule has 0 amide bonds. The van der Waals surface area contributed by atoms with Crippen molar-refractivity contribution in [2.24, 2.45) is 0 Å². The van der Waals surface area contributed by atoms with Gasteiger partial charge in [0.1, 0.15) is 0 Å². The van der Waals surface area contributed by atoms with Crippen LogP contribution in [-0.4, -0.2) is 133 Å². The molecule has 12 heavy (non-hydrogen) atoms. The van der Waals surface area contributed by atoms with Gasteiger partial charge in [0.25, 0.3) is 0 Å². The van der Waals surface area contributed by atoms with Crippen LogP contribution in [0.4, 0.5) is 0 Å². The third-order valence-electron chi connectivity index (χ3n) is 0. The molecule has 0 aliphatic carbocycles. The average molecular weight is 475 g/mol. The van der Waals surface area contributed by atoms with Crippen LogP contribution in [0.3, 0.4) is 0 Å². The van der Waals surface area contributed by atoms with E-state index < -0.39 is 20.8 Å². The number of hydrogen-bond acceptors (Lipinski definition) is 4. The van der Waals surface area contributed by atoms with Crippen molar-refractivity contribution in [2.75, 3.05) is 0 Å². The Bertz CT molecular complexity index is 224. The van der Waals surface area contributed by atoms with E-state index in [1.165, 1.54) is 0 Å². The van der Waals surface area contributed by atoms with E-state index in [2.05, 4.69) is 0 Å². The zero-order valence-electron chi connectivity index (χ0n) is 9.65. The van der Waals surface area contributed by atoms with Gasteiger partial charge in [-0.25, -0.2) is 0 Å². The van der Waals surface area contributed by atoms with E-state index in [4.69, 9.17) is 35.0 Å². The van der Waals surface area contributed by atoms with Crippen molar-refractivity contribution in [3.8, 4) is 0 Å². The average Bonchev–Trinajstić information content (AvgIpc) is 1.12. The first-order valence-electron chi connectivity index (χ1n) is 1.40. The molecule has 12 heteroatoms. The second-order valence-corrected chi connectivity index (χ2v) is 2.69. The van der Waals surface area contributed by atoms with Gasteiger partial charge >= 0.3 is 119 Å². The largest absolute Gasteiger partial charge is 2.00 e. The first-order valence-corrected chi connectivity index (χ1v) is 4.19. The molecule has 0 spiro atoms. The van der Waals surface area contributed by atoms with Gasteiger partial charge in [-0.05, 0) is 0 Å². The van der Waals surface area contributed by atoms with E-state index >= 15 is 0 Å². The summed E-state index contributed by atoms with van der Waals surface area (Å²) in [5.74, 6) is 0. The number of hydrogen-bond donors (Lipinski definition) is 4. The van der Waals surface area contributed by atoms with Crippen molar-refractivity contribution >= 4 is 119 Å². The van der Waals surface area contributed by atoms with Crippen LogP contribution >= 0.6 is 0 Å². The first kappa shape index (κ1) is 24.2. The summed E-state index contributed by atoms with van der Waals surface area (Å²) < 4.78 is 63.2. The van der Waals surface area contributed by atoms with Gasteiger partial charge in [0.2, 0.25) is 0 Å². The summed E-state index contributed by atoms with van der Waals surface area (Å²) in [7, 11) is -9.33. The molecule has 0 atom stereocenters. The van der Waals surface area contributed by atoms with Crippen LogP contribution in [0.5, 0.6) is 0 Å². The Labute approximate surface area is 156 Å². The molecule has 0 saturated carbocycles. The fourth-order valence-corrected chi connectivity index (χ4v) is 0. The van der Waals surface area contributed by atoms with Crippen LogP contribution in [-0.2, 0) is 20.8 Å². The van der Waals surface area contributed by atoms with Crippen LogP contribution in [0, 0.1) is 0 Å². The first-order chi connectivity index (χ1) is 4.00. The summed E-state index contributed by atoms with van der Waals surface area (Å²) in [6, 6.07) is 0. The second-order valence-electron chi connectivity index (χ2n) is 0.896. The van der Waals surface area contributed by atoms with Crippen molar-refractivity contribution in [1.82, 2.24) is 0 Å². The molecule has 0 fully saturated rings. The van der Waals surface area contributed by atoms with E-state index in [-0.39, 0.29) is 103 Å². The Balaban J connectivity index is -0.00000000970. The zero-order chi connectivity index (χ0) is 9.00. The van der Waals surface area contributed by atoms with Crippen molar-refractivity contribution in [3.63, 3.8) is 0 Å². The molecule has 0 bridgehead atoms. The molecule has 0 aromatic carbocycles. The summed E-state index contributed by atoms with van der Waals surface area (Å²) in [6.45, 7) is 0. The smallest absolute Gasteiger partial charge is 1.00 e. The van der Waals surface area contributed by atoms with Crippen LogP contribution in [0.15, 0.2) is 0 Å². The van der Waals surface area contributed by atoms with E-state index in [1.54, 1.807) is 0 Å². The molecule has 0 rings (SSSR count). The minimum Gasteiger partial charge on any atom is -1.00 e. The maximum absolute atomic E-state index is 8.74. The Morgan fingerprint density at radius 1 is 0.667 bits per heavy atom. The monoisotopic (exact) mass is 476 g/mol. The fraction of sp³-hybridized carbons (Fsp3) is 0. The molecule has 0 radical (unpaired) electrons. The quantitative estimate of drug-likeness (QED) is 0.242. The van der Waals surface area contributed by atoms with Gasteiger partial charge in [-0.3, -0.25) is 18.2 Å². The van der Waals surface area contributed by atoms with Gasteiger partial charge in [0.15, 0.2) is 0 Å². The molecular weight excluding hydrogens is 467 g/mol. The van der Waals surface area contributed by atoms with E-state index in [0.717, 1.165) is 0 Å². The summed E-state index contributed by atoms with van der Waals surface area (Å²) in [4.78, 5) is 0. The molecule has 4 N–H and O–H groups in total. The molecule has 0 saturated heterocycles. The molecule has 8 nitrogen and oxygen atoms in total. The molecule has 0 aromatic heterocycles. The molecular formula is H8Ba2O8S2. The topological polar surface area (TPSA) is 149 Å². The van der Waals surface area contributed by atoms with Crippen LogP contribution in [0.25, 0.3) is 0 Å². The summed E-state index contributed by atoms with van der Waals surface area (Å²) in [6.07, 6.45) is 0. The van der Waals surface area contributed by atoms with Gasteiger partial charge in [0.05, 0.1) is 0 Å². The Morgan fingerprint density at radius 2 is 0.667 bits per heavy atom. The normalized spacial score (nSPS) is 9.67. The molecule has 0 aliphatic rings. The predicted octanol–water partition coefficient (Wildman–Crippen LogP) is -1.62. The molecule has 0 unspecified atom stereocenters. The minimum absolute atomic E-state index is 0. The van der Waals surface area contributed by atoms with Crippen LogP contribution in [0.2, 0.25) is 0 Å². The maximum Gasteiger partial charge on any atom is 2.00 e. The Hall–Kier alpha value is 2.88. The standard InChI is InChI=1S/2Ba.2H2O4S.4H/c;;2*1-5(2,3)4;;;;/h;;2*(H2,1,2,3,4);;;;/q2*+2;;;4*-1. The van der Waals surface area contributed by atoms with Crippen LogP contribution in [0.1, 0.15) is 5.71 Å². The molecule has 0 heterocycles. The Kier molecular flexibility index (Phi) is 21.0. The second kappa shape index (κ2) is 10.4. The fourth-order valence-electron chi connectivity index (χ4n) is 0. The van der Waals surface area contributed by atoms with Gasteiger partial charge in [-0.2, -0.15) is 16.8 Å². The number of rotatable bonds is 0. The van der Waals surface area contributed by atoms with E-state index in [0.29, 0.717) is 0 Å². The SMILES string of the molecule is O=S(=O)(O)O.O=S(=O)(O)O.[Ba+2].[Ba+2].[H-].[H-].[H-].[H-]. The molecule has 72 valence electrons. The Morgan fingerprint density at radius 3 is 0.667 bits per heavy atom. The maximum atomic E-state index is 8.74. The third-order valence-corrected chi connectivity index (χ3v) is 0. The van der Waals surface area contributed by atoms with Gasteiger partial charge in [-0.1, -0.05) is 0 Å². The predicted molar refractivity (Wildman–Crippen MR) is 44.3 cm³/mol. The van der Waals surface area contributed by atoms with Crippen molar-refractivity contribution in [1.29, 1.82) is 0 Å². The van der Waals surface area contributed by atoms with Gasteiger partial charge in [0, 0.05) is 0 Å². The summed E-state index contributed by atoms with van der Waals surface area (Å²) in [5, 5.41) is 0. The molecule has 0 aromatic rings. The minimum atomic E-state index is -4.67. The van der Waals surface area contributed by atoms with Crippen molar-refractivity contribution in [2.45, 2.75) is 0 Å². The van der Waals surface area contributed by atoms with Crippen LogP contribution < -0.4 is 0 Å². The zero-order valence-corrected chi connectivity index (χ0v) is 16.2. The van der Waals surface area contributed by atoms with Crippen molar-refractivity contribution < 1.29 is 40.8 Å². The third kappa shape index (κ3) is 219. The van der Waals surface area contributed by atoms with E-state index in [1.807, 2.05) is 0 Å². The van der Waals surface area contributed by atoms with Gasteiger partial charge in [-0.15, -0.1) is 0 Å².